The summed E-state index contributed by atoms with van der Waals surface area (Å²) < 4.78 is 0. The van der Waals surface area contributed by atoms with Gasteiger partial charge in [-0.3, -0.25) is 0 Å². The van der Waals surface area contributed by atoms with Crippen molar-refractivity contribution in [1.82, 2.24) is 24.8 Å². The molecule has 202 valence electrons. The highest BCUT2D eigenvalue weighted by Crippen LogP contribution is 2.38. The predicted octanol–water partition coefficient (Wildman–Crippen LogP) is 5.20. The molecule has 3 fully saturated rings. The van der Waals surface area contributed by atoms with Gasteiger partial charge in [0.25, 0.3) is 0 Å². The minimum Gasteiger partial charge on any atom is -0.362 e. The Morgan fingerprint density at radius 2 is 1.89 bits per heavy atom. The molecule has 0 spiro atoms. The smallest absolute Gasteiger partial charge is 0.362 e. The van der Waals surface area contributed by atoms with E-state index in [0.29, 0.717) is 15.7 Å². The zero-order chi connectivity index (χ0) is 26.8. The molecule has 9 nitrogen and oxygen atoms in total. The van der Waals surface area contributed by atoms with Crippen molar-refractivity contribution in [2.75, 3.05) is 36.4 Å². The van der Waals surface area contributed by atoms with E-state index in [2.05, 4.69) is 38.9 Å². The van der Waals surface area contributed by atoms with Crippen LogP contribution in [0.3, 0.4) is 0 Å². The second kappa shape index (κ2) is 11.6. The highest BCUT2D eigenvalue weighted by Gasteiger charge is 2.40. The fourth-order valence-electron chi connectivity index (χ4n) is 6.09. The first-order chi connectivity index (χ1) is 18.4. The second-order valence-electron chi connectivity index (χ2n) is 10.9. The molecule has 1 aliphatic carbocycles. The number of H-pyrrole nitrogens is 1. The summed E-state index contributed by atoms with van der Waals surface area (Å²) in [5.41, 5.74) is 2.45. The van der Waals surface area contributed by atoms with Gasteiger partial charge in [-0.05, 0) is 74.6 Å². The van der Waals surface area contributed by atoms with Gasteiger partial charge in [-0.1, -0.05) is 36.2 Å². The van der Waals surface area contributed by atoms with Crippen LogP contribution in [-0.2, 0) is 9.59 Å². The molecule has 0 bridgehead atoms. The summed E-state index contributed by atoms with van der Waals surface area (Å²) in [6.07, 6.45) is 7.38. The number of hydrogen-bond acceptors (Lipinski definition) is 8. The van der Waals surface area contributed by atoms with E-state index < -0.39 is 0 Å². The molecular formula is C27H33Cl2N7O2. The molecule has 2 N–H and O–H groups in total. The van der Waals surface area contributed by atoms with Gasteiger partial charge in [-0.15, -0.1) is 0 Å². The molecule has 0 unspecified atom stereocenters. The van der Waals surface area contributed by atoms with Crippen LogP contribution in [0.2, 0.25) is 10.0 Å². The number of anilines is 2. The van der Waals surface area contributed by atoms with Crippen LogP contribution in [0.25, 0.3) is 11.2 Å². The quantitative estimate of drug-likeness (QED) is 0.426. The zero-order valence-corrected chi connectivity index (χ0v) is 23.2. The fourth-order valence-corrected chi connectivity index (χ4v) is 6.66. The predicted molar refractivity (Wildman–Crippen MR) is 147 cm³/mol. The summed E-state index contributed by atoms with van der Waals surface area (Å²) in [6, 6.07) is 6.36. The van der Waals surface area contributed by atoms with Gasteiger partial charge in [-0.2, -0.15) is 19.6 Å². The van der Waals surface area contributed by atoms with Gasteiger partial charge in [0.05, 0.1) is 12.4 Å². The molecule has 3 aromatic rings. The summed E-state index contributed by atoms with van der Waals surface area (Å²) >= 11 is 12.5. The Morgan fingerprint density at radius 3 is 2.61 bits per heavy atom. The number of halogens is 2. The van der Waals surface area contributed by atoms with E-state index >= 15 is 0 Å². The number of carbonyl (C=O) groups excluding carboxylic acids is 2. The van der Waals surface area contributed by atoms with Crippen LogP contribution in [0.15, 0.2) is 24.5 Å². The number of benzene rings is 1. The number of piperidine rings is 1. The normalized spacial score (nSPS) is 24.5. The Morgan fingerprint density at radius 1 is 1.13 bits per heavy atom. The van der Waals surface area contributed by atoms with Crippen LogP contribution < -0.4 is 10.2 Å². The molecule has 2 aromatic heterocycles. The highest BCUT2D eigenvalue weighted by molar-refractivity contribution is 6.35. The largest absolute Gasteiger partial charge is 0.373 e. The summed E-state index contributed by atoms with van der Waals surface area (Å²) in [5, 5.41) is 4.78. The number of rotatable bonds is 6. The SMILES string of the molecule is CC1CC(N2CCC[C@H](C3CN(c4nc(N[C@H](C)c5ccc(Cl)cc5Cl)c5[nH]cnc5n4)C3)C2)C1.O=C=O. The molecule has 38 heavy (non-hydrogen) atoms. The molecule has 2 aliphatic heterocycles. The molecule has 1 saturated carbocycles. The van der Waals surface area contributed by atoms with Gasteiger partial charge in [0, 0.05) is 35.7 Å². The van der Waals surface area contributed by atoms with Gasteiger partial charge in [-0.25, -0.2) is 4.98 Å². The number of likely N-dealkylation sites (tertiary alicyclic amines) is 1. The Kier molecular flexibility index (Phi) is 8.19. The van der Waals surface area contributed by atoms with E-state index in [1.807, 2.05) is 12.1 Å². The minimum atomic E-state index is -0.0550. The Labute approximate surface area is 232 Å². The van der Waals surface area contributed by atoms with Crippen molar-refractivity contribution in [2.24, 2.45) is 17.8 Å². The summed E-state index contributed by atoms with van der Waals surface area (Å²) in [6.45, 7) is 9.04. The number of hydrogen-bond donors (Lipinski definition) is 2. The molecule has 0 radical (unpaired) electrons. The van der Waals surface area contributed by atoms with Gasteiger partial charge >= 0.3 is 6.15 Å². The Hall–Kier alpha value is -2.71. The van der Waals surface area contributed by atoms with Crippen molar-refractivity contribution in [1.29, 1.82) is 0 Å². The lowest BCUT2D eigenvalue weighted by Crippen LogP contribution is -2.56. The zero-order valence-electron chi connectivity index (χ0n) is 21.7. The van der Waals surface area contributed by atoms with Gasteiger partial charge in [0.1, 0.15) is 5.52 Å². The van der Waals surface area contributed by atoms with Crippen molar-refractivity contribution >= 4 is 52.3 Å². The Balaban J connectivity index is 0.000000937. The van der Waals surface area contributed by atoms with E-state index in [-0.39, 0.29) is 12.2 Å². The van der Waals surface area contributed by atoms with E-state index in [9.17, 15) is 0 Å². The lowest BCUT2D eigenvalue weighted by atomic mass is 9.76. The van der Waals surface area contributed by atoms with Crippen molar-refractivity contribution in [3.8, 4) is 0 Å². The van der Waals surface area contributed by atoms with Crippen LogP contribution in [0.1, 0.15) is 51.1 Å². The van der Waals surface area contributed by atoms with Crippen molar-refractivity contribution < 1.29 is 9.59 Å². The van der Waals surface area contributed by atoms with Crippen LogP contribution in [0, 0.1) is 17.8 Å². The van der Waals surface area contributed by atoms with E-state index in [1.54, 1.807) is 12.4 Å². The summed E-state index contributed by atoms with van der Waals surface area (Å²) in [4.78, 5) is 38.6. The fraction of sp³-hybridized carbons (Fsp3) is 0.556. The van der Waals surface area contributed by atoms with Gasteiger partial charge in [0.2, 0.25) is 5.95 Å². The van der Waals surface area contributed by atoms with Crippen molar-refractivity contribution in [2.45, 2.75) is 51.6 Å². The number of nitrogens with one attached hydrogen (secondary N) is 2. The molecule has 1 aromatic carbocycles. The van der Waals surface area contributed by atoms with E-state index in [0.717, 1.165) is 59.7 Å². The number of aromatic amines is 1. The summed E-state index contributed by atoms with van der Waals surface area (Å²) in [7, 11) is 0. The third kappa shape index (κ3) is 5.66. The summed E-state index contributed by atoms with van der Waals surface area (Å²) in [5.74, 6) is 3.91. The first-order valence-electron chi connectivity index (χ1n) is 13.3. The number of aromatic nitrogens is 4. The number of fused-ring (bicyclic) bond motifs is 1. The second-order valence-corrected chi connectivity index (χ2v) is 11.7. The van der Waals surface area contributed by atoms with Crippen molar-refractivity contribution in [3.05, 3.63) is 40.1 Å². The molecule has 3 aliphatic rings. The van der Waals surface area contributed by atoms with Crippen LogP contribution in [-0.4, -0.2) is 63.2 Å². The maximum Gasteiger partial charge on any atom is 0.373 e. The van der Waals surface area contributed by atoms with Crippen molar-refractivity contribution in [3.63, 3.8) is 0 Å². The topological polar surface area (TPSA) is 107 Å². The molecule has 11 heteroatoms. The van der Waals surface area contributed by atoms with Crippen LogP contribution in [0.5, 0.6) is 0 Å². The lowest BCUT2D eigenvalue weighted by Gasteiger charge is -2.50. The maximum atomic E-state index is 8.12. The number of nitrogens with zero attached hydrogens (tertiary/aromatic N) is 5. The van der Waals surface area contributed by atoms with Gasteiger partial charge in [0.15, 0.2) is 11.5 Å². The minimum absolute atomic E-state index is 0.0550. The third-order valence-electron chi connectivity index (χ3n) is 8.27. The number of imidazole rings is 1. The molecule has 6 rings (SSSR count). The van der Waals surface area contributed by atoms with E-state index in [4.69, 9.17) is 42.8 Å². The molecule has 2 atom stereocenters. The highest BCUT2D eigenvalue weighted by atomic mass is 35.5. The average molecular weight is 559 g/mol. The molecular weight excluding hydrogens is 525 g/mol. The monoisotopic (exact) mass is 557 g/mol. The Bertz CT molecular complexity index is 1300. The van der Waals surface area contributed by atoms with Gasteiger partial charge < -0.3 is 20.1 Å². The standard InChI is InChI=1S/C26H33Cl2N7.CO2/c1-15-8-20(9-15)34-7-3-4-17(11-34)18-12-35(13-18)26-32-24-23(29-14-30-24)25(33-26)31-16(2)21-6-5-19(27)10-22(21)28;2-1-3/h5-6,10,14-18,20H,3-4,7-9,11-13H2,1-2H3,(H2,29,30,31,32,33);/t15?,16-,17+,20?;/m1./s1. The van der Waals surface area contributed by atoms with Crippen LogP contribution >= 0.6 is 23.2 Å². The molecule has 0 amide bonds. The molecule has 2 saturated heterocycles. The maximum absolute atomic E-state index is 8.12. The van der Waals surface area contributed by atoms with Crippen LogP contribution in [0.4, 0.5) is 11.8 Å². The first kappa shape index (κ1) is 26.9. The molecule has 4 heterocycles. The van der Waals surface area contributed by atoms with E-state index in [1.165, 1.54) is 38.8 Å². The third-order valence-corrected chi connectivity index (χ3v) is 8.83. The lowest BCUT2D eigenvalue weighted by molar-refractivity contribution is -0.191. The average Bonchev–Trinajstić information content (AvgIpc) is 3.31. The first-order valence-corrected chi connectivity index (χ1v) is 14.0.